The second kappa shape index (κ2) is 5.60. The molecule has 1 aromatic rings. The van der Waals surface area contributed by atoms with Crippen molar-refractivity contribution >= 4 is 20.4 Å². The Morgan fingerprint density at radius 1 is 1.15 bits per heavy atom. The minimum absolute atomic E-state index is 0.593. The first-order valence-corrected chi connectivity index (χ1v) is 8.14. The van der Waals surface area contributed by atoms with Gasteiger partial charge < -0.3 is 0 Å². The zero-order valence-corrected chi connectivity index (χ0v) is 12.9. The first-order valence-electron chi connectivity index (χ1n) is 5.62. The van der Waals surface area contributed by atoms with Crippen molar-refractivity contribution in [1.82, 2.24) is 0 Å². The van der Waals surface area contributed by atoms with Gasteiger partial charge in [-0.15, -0.1) is 6.58 Å². The van der Waals surface area contributed by atoms with Gasteiger partial charge in [0.2, 0.25) is 0 Å². The molecule has 1 aromatic carbocycles. The molecule has 0 nitrogen and oxygen atoms in total. The van der Waals surface area contributed by atoms with Crippen LogP contribution in [0.4, 0.5) is 25.2 Å². The number of allylic oxidation sites excluding steroid dienone is 1. The summed E-state index contributed by atoms with van der Waals surface area (Å²) in [7, 11) is -10.7. The molecular formula is C12H17F6PS. The molecule has 0 fully saturated rings. The maximum atomic E-state index is 9.87. The van der Waals surface area contributed by atoms with Crippen molar-refractivity contribution in [3.05, 3.63) is 42.0 Å². The average molecular weight is 338 g/mol. The van der Waals surface area contributed by atoms with Gasteiger partial charge in [0, 0.05) is 5.56 Å². The Morgan fingerprint density at radius 3 is 1.95 bits per heavy atom. The first kappa shape index (κ1) is 19.3. The zero-order valence-electron chi connectivity index (χ0n) is 11.0. The molecule has 0 radical (unpaired) electrons. The summed E-state index contributed by atoms with van der Waals surface area (Å²) >= 11 is 3.58. The molecule has 0 aliphatic rings. The van der Waals surface area contributed by atoms with Gasteiger partial charge >= 0.3 is 33.0 Å². The van der Waals surface area contributed by atoms with E-state index in [0.717, 1.165) is 6.42 Å². The van der Waals surface area contributed by atoms with Crippen molar-refractivity contribution < 1.29 is 25.2 Å². The quantitative estimate of drug-likeness (QED) is 0.263. The molecule has 20 heavy (non-hydrogen) atoms. The number of halogens is 6. The minimum atomic E-state index is -10.7. The number of rotatable bonds is 3. The van der Waals surface area contributed by atoms with E-state index in [1.807, 2.05) is 6.08 Å². The Bertz CT molecular complexity index is 466. The van der Waals surface area contributed by atoms with E-state index >= 15 is 0 Å². The van der Waals surface area contributed by atoms with Gasteiger partial charge in [0.25, 0.3) is 0 Å². The molecule has 118 valence electrons. The molecule has 8 heteroatoms. The number of hydrogen-bond donors (Lipinski definition) is 0. The normalized spacial score (nSPS) is 14.9. The van der Waals surface area contributed by atoms with E-state index in [1.165, 1.54) is 16.0 Å². The van der Waals surface area contributed by atoms with Crippen LogP contribution in [-0.4, -0.2) is 0 Å². The predicted molar refractivity (Wildman–Crippen MR) is 76.4 cm³/mol. The fourth-order valence-corrected chi connectivity index (χ4v) is 1.55. The van der Waals surface area contributed by atoms with E-state index in [-0.39, 0.29) is 0 Å². The van der Waals surface area contributed by atoms with Crippen molar-refractivity contribution in [2.75, 3.05) is 0 Å². The maximum absolute atomic E-state index is 10.7. The van der Waals surface area contributed by atoms with Gasteiger partial charge in [-0.2, -0.15) is 0 Å². The fraction of sp³-hybridized carbons (Fsp3) is 0.333. The molecule has 0 aliphatic heterocycles. The van der Waals surface area contributed by atoms with E-state index in [9.17, 15) is 25.2 Å². The third-order valence-corrected chi connectivity index (χ3v) is 2.65. The Labute approximate surface area is 119 Å². The molecule has 0 bridgehead atoms. The van der Waals surface area contributed by atoms with Crippen LogP contribution in [0.15, 0.2) is 35.7 Å². The second-order valence-electron chi connectivity index (χ2n) is 4.52. The molecule has 0 saturated heterocycles. The third-order valence-electron chi connectivity index (χ3n) is 2.16. The summed E-state index contributed by atoms with van der Waals surface area (Å²) in [4.78, 5) is 1.17. The van der Waals surface area contributed by atoms with E-state index in [1.54, 1.807) is 0 Å². The molecule has 1 rings (SSSR count). The van der Waals surface area contributed by atoms with Crippen LogP contribution in [0, 0.1) is 0 Å². The summed E-state index contributed by atoms with van der Waals surface area (Å²) < 4.78 is 59.2. The van der Waals surface area contributed by atoms with Crippen molar-refractivity contribution in [3.63, 3.8) is 0 Å². The molecule has 0 N–H and O–H groups in total. The van der Waals surface area contributed by atoms with Crippen LogP contribution in [0.2, 0.25) is 0 Å². The second-order valence-corrected chi connectivity index (χ2v) is 6.98. The predicted octanol–water partition coefficient (Wildman–Crippen LogP) is 6.29. The Balaban J connectivity index is 0.000000441. The van der Waals surface area contributed by atoms with Crippen molar-refractivity contribution in [1.29, 1.82) is 0 Å². The van der Waals surface area contributed by atoms with Gasteiger partial charge in [0.05, 0.1) is 0 Å². The van der Waals surface area contributed by atoms with E-state index in [0.29, 0.717) is 5.92 Å². The van der Waals surface area contributed by atoms with Gasteiger partial charge in [-0.1, -0.05) is 32.1 Å². The Morgan fingerprint density at radius 2 is 1.60 bits per heavy atom. The number of benzene rings is 1. The van der Waals surface area contributed by atoms with Gasteiger partial charge in [-0.05, 0) is 36.6 Å². The van der Waals surface area contributed by atoms with Crippen molar-refractivity contribution in [2.24, 2.45) is 0 Å². The summed E-state index contributed by atoms with van der Waals surface area (Å²) in [5, 5.41) is 0. The Kier molecular flexibility index (Phi) is 5.41. The summed E-state index contributed by atoms with van der Waals surface area (Å²) in [5.74, 6) is 0.593. The van der Waals surface area contributed by atoms with E-state index < -0.39 is 7.81 Å². The van der Waals surface area contributed by atoms with E-state index in [2.05, 4.69) is 51.3 Å². The molecule has 0 saturated carbocycles. The van der Waals surface area contributed by atoms with Gasteiger partial charge in [-0.25, -0.2) is 0 Å². The van der Waals surface area contributed by atoms with Crippen LogP contribution >= 0.6 is 7.81 Å². The standard InChI is InChI=1S/C12H16S.F6P/c1-4-5-11-8-10(9(2)3)6-7-12(11)13;1-7(2,3,4,5)6/h4,6-9,13H,1,5H2,2-3H3;/q;-1/p+1. The first-order chi connectivity index (χ1) is 8.60. The van der Waals surface area contributed by atoms with Gasteiger partial charge in [-0.3, -0.25) is 0 Å². The Hall–Kier alpha value is -0.680. The van der Waals surface area contributed by atoms with Gasteiger partial charge in [0.15, 0.2) is 4.90 Å². The molecule has 0 heterocycles. The van der Waals surface area contributed by atoms with Crippen LogP contribution in [0.25, 0.3) is 0 Å². The molecule has 0 amide bonds. The van der Waals surface area contributed by atoms with Crippen LogP contribution < -0.4 is 0 Å². The average Bonchev–Trinajstić information content (AvgIpc) is 2.16. The van der Waals surface area contributed by atoms with Crippen LogP contribution in [-0.2, 0) is 19.0 Å². The third kappa shape index (κ3) is 12.4. The van der Waals surface area contributed by atoms with E-state index in [4.69, 9.17) is 0 Å². The molecule has 0 atom stereocenters. The summed E-state index contributed by atoms with van der Waals surface area (Å²) in [6.45, 7) is 8.17. The topological polar surface area (TPSA) is 0 Å². The molecule has 0 spiro atoms. The zero-order chi connectivity index (χ0) is 16.3. The summed E-state index contributed by atoms with van der Waals surface area (Å²) in [5.41, 5.74) is 2.71. The van der Waals surface area contributed by atoms with Crippen molar-refractivity contribution in [2.45, 2.75) is 31.1 Å². The summed E-state index contributed by atoms with van der Waals surface area (Å²) in [6, 6.07) is 6.53. The van der Waals surface area contributed by atoms with Crippen LogP contribution in [0.1, 0.15) is 30.9 Å². The molecule has 0 aliphatic carbocycles. The molecular weight excluding hydrogens is 321 g/mol. The number of hydrogen-bond acceptors (Lipinski definition) is 0. The monoisotopic (exact) mass is 338 g/mol. The SMILES string of the molecule is C=CCc1cc(C(C)C)ccc1[SH2+].F[P-](F)(F)(F)(F)F. The van der Waals surface area contributed by atoms with Crippen molar-refractivity contribution in [3.8, 4) is 0 Å². The molecule has 0 aromatic heterocycles. The molecule has 0 unspecified atom stereocenters. The van der Waals surface area contributed by atoms with Crippen LogP contribution in [0.5, 0.6) is 0 Å². The fourth-order valence-electron chi connectivity index (χ4n) is 1.30. The van der Waals surface area contributed by atoms with Gasteiger partial charge in [0.1, 0.15) is 0 Å². The summed E-state index contributed by atoms with van der Waals surface area (Å²) in [6.07, 6.45) is 2.86. The van der Waals surface area contributed by atoms with Crippen LogP contribution in [0.3, 0.4) is 0 Å².